The van der Waals surface area contributed by atoms with Gasteiger partial charge in [-0.05, 0) is 29.3 Å². The molecule has 0 aliphatic heterocycles. The van der Waals surface area contributed by atoms with E-state index in [1.807, 2.05) is 6.92 Å². The summed E-state index contributed by atoms with van der Waals surface area (Å²) in [5.74, 6) is 0. The van der Waals surface area contributed by atoms with E-state index in [1.54, 1.807) is 0 Å². The summed E-state index contributed by atoms with van der Waals surface area (Å²) in [6.07, 6.45) is 1.13. The number of rotatable bonds is 7. The number of benzene rings is 2. The first kappa shape index (κ1) is 14.3. The van der Waals surface area contributed by atoms with Crippen LogP contribution < -0.4 is 0 Å². The highest BCUT2D eigenvalue weighted by atomic mass is 28.3. The maximum absolute atomic E-state index is 6.03. The average molecular weight is 274 g/mol. The summed E-state index contributed by atoms with van der Waals surface area (Å²) >= 11 is 0. The molecular weight excluding hydrogens is 252 g/mol. The van der Waals surface area contributed by atoms with Crippen molar-refractivity contribution < 1.29 is 8.85 Å². The largest absolute Gasteiger partial charge is 0.397 e. The Bertz CT molecular complexity index is 502. The van der Waals surface area contributed by atoms with Gasteiger partial charge in [0.1, 0.15) is 0 Å². The highest BCUT2D eigenvalue weighted by Crippen LogP contribution is 2.19. The van der Waals surface area contributed by atoms with Crippen molar-refractivity contribution in [1.82, 2.24) is 0 Å². The van der Waals surface area contributed by atoms with Crippen molar-refractivity contribution in [2.24, 2.45) is 0 Å². The van der Waals surface area contributed by atoms with Crippen LogP contribution in [0.1, 0.15) is 25.8 Å². The first-order chi connectivity index (χ1) is 9.35. The van der Waals surface area contributed by atoms with Gasteiger partial charge in [-0.25, -0.2) is 0 Å². The second kappa shape index (κ2) is 7.43. The smallest absolute Gasteiger partial charge is 0.321 e. The minimum absolute atomic E-state index is 0.665. The first-order valence-electron chi connectivity index (χ1n) is 7.05. The van der Waals surface area contributed by atoms with Gasteiger partial charge in [-0.15, -0.1) is 0 Å². The molecule has 0 N–H and O–H groups in total. The number of hydrogen-bond donors (Lipinski definition) is 0. The predicted molar refractivity (Wildman–Crippen MR) is 82.6 cm³/mol. The second-order valence-electron chi connectivity index (χ2n) is 4.62. The van der Waals surface area contributed by atoms with E-state index in [9.17, 15) is 0 Å². The van der Waals surface area contributed by atoms with Crippen molar-refractivity contribution in [1.29, 1.82) is 0 Å². The lowest BCUT2D eigenvalue weighted by molar-refractivity contribution is 0.197. The zero-order chi connectivity index (χ0) is 13.5. The molecule has 19 heavy (non-hydrogen) atoms. The molecule has 3 heteroatoms. The van der Waals surface area contributed by atoms with E-state index in [1.165, 1.54) is 16.3 Å². The standard InChI is InChI=1S/C16H22O2Si/c1-3-12-19(17-4-2)18-13-15-10-7-9-14-8-5-6-11-16(14)15/h5-11,19H,3-4,12-13H2,1-2H3. The third-order valence-corrected chi connectivity index (χ3v) is 5.47. The van der Waals surface area contributed by atoms with Crippen molar-refractivity contribution in [3.8, 4) is 0 Å². The van der Waals surface area contributed by atoms with Gasteiger partial charge in [-0.3, -0.25) is 0 Å². The van der Waals surface area contributed by atoms with E-state index in [0.29, 0.717) is 6.61 Å². The topological polar surface area (TPSA) is 18.5 Å². The fourth-order valence-electron chi connectivity index (χ4n) is 2.24. The molecule has 0 aromatic heterocycles. The Morgan fingerprint density at radius 3 is 2.53 bits per heavy atom. The van der Waals surface area contributed by atoms with E-state index < -0.39 is 9.28 Å². The van der Waals surface area contributed by atoms with Gasteiger partial charge in [-0.1, -0.05) is 55.8 Å². The van der Waals surface area contributed by atoms with Crippen molar-refractivity contribution >= 4 is 20.1 Å². The van der Waals surface area contributed by atoms with Crippen LogP contribution >= 0.6 is 0 Å². The fraction of sp³-hybridized carbons (Fsp3) is 0.375. The normalized spacial score (nSPS) is 12.7. The summed E-state index contributed by atoms with van der Waals surface area (Å²) < 4.78 is 11.8. The van der Waals surface area contributed by atoms with Crippen molar-refractivity contribution in [3.05, 3.63) is 48.0 Å². The molecule has 0 radical (unpaired) electrons. The van der Waals surface area contributed by atoms with Crippen LogP contribution in [-0.2, 0) is 15.5 Å². The van der Waals surface area contributed by atoms with Gasteiger partial charge in [0.15, 0.2) is 0 Å². The molecule has 2 nitrogen and oxygen atoms in total. The third-order valence-electron chi connectivity index (χ3n) is 3.18. The van der Waals surface area contributed by atoms with Crippen LogP contribution in [0.5, 0.6) is 0 Å². The molecule has 0 aliphatic carbocycles. The molecule has 0 bridgehead atoms. The van der Waals surface area contributed by atoms with Crippen molar-refractivity contribution in [3.63, 3.8) is 0 Å². The van der Waals surface area contributed by atoms with Crippen molar-refractivity contribution in [2.75, 3.05) is 6.61 Å². The maximum atomic E-state index is 6.03. The average Bonchev–Trinajstić information content (AvgIpc) is 2.45. The fourth-order valence-corrected chi connectivity index (χ4v) is 3.88. The maximum Gasteiger partial charge on any atom is 0.321 e. The Morgan fingerprint density at radius 2 is 1.74 bits per heavy atom. The lowest BCUT2D eigenvalue weighted by atomic mass is 10.1. The molecular formula is C16H22O2Si. The molecule has 1 unspecified atom stereocenters. The molecule has 0 amide bonds. The van der Waals surface area contributed by atoms with Gasteiger partial charge < -0.3 is 8.85 Å². The van der Waals surface area contributed by atoms with Crippen LogP contribution in [0.2, 0.25) is 6.04 Å². The minimum Gasteiger partial charge on any atom is -0.397 e. The Morgan fingerprint density at radius 1 is 0.947 bits per heavy atom. The Kier molecular flexibility index (Phi) is 5.57. The van der Waals surface area contributed by atoms with Crippen LogP contribution in [0.25, 0.3) is 10.8 Å². The van der Waals surface area contributed by atoms with Crippen LogP contribution in [0.15, 0.2) is 42.5 Å². The molecule has 0 heterocycles. The molecule has 1 atom stereocenters. The molecule has 2 rings (SSSR count). The summed E-state index contributed by atoms with van der Waals surface area (Å²) in [7, 11) is -1.48. The predicted octanol–water partition coefficient (Wildman–Crippen LogP) is 4.02. The molecule has 0 saturated carbocycles. The van der Waals surface area contributed by atoms with Crippen LogP contribution in [0.3, 0.4) is 0 Å². The van der Waals surface area contributed by atoms with Gasteiger partial charge in [-0.2, -0.15) is 0 Å². The third kappa shape index (κ3) is 3.90. The summed E-state index contributed by atoms with van der Waals surface area (Å²) in [4.78, 5) is 0. The van der Waals surface area contributed by atoms with Gasteiger partial charge in [0.05, 0.1) is 6.61 Å². The monoisotopic (exact) mass is 274 g/mol. The van der Waals surface area contributed by atoms with Gasteiger partial charge in [0.25, 0.3) is 0 Å². The molecule has 0 saturated heterocycles. The Hall–Kier alpha value is -1.16. The van der Waals surface area contributed by atoms with E-state index in [-0.39, 0.29) is 0 Å². The zero-order valence-corrected chi connectivity index (χ0v) is 12.9. The summed E-state index contributed by atoms with van der Waals surface area (Å²) in [6, 6.07) is 15.9. The lowest BCUT2D eigenvalue weighted by Crippen LogP contribution is -2.22. The zero-order valence-electron chi connectivity index (χ0n) is 11.8. The molecule has 102 valence electrons. The van der Waals surface area contributed by atoms with Crippen molar-refractivity contribution in [2.45, 2.75) is 32.9 Å². The number of fused-ring (bicyclic) bond motifs is 1. The Labute approximate surface area is 117 Å². The summed E-state index contributed by atoms with van der Waals surface area (Å²) in [5, 5.41) is 2.56. The molecule has 0 aliphatic rings. The first-order valence-corrected chi connectivity index (χ1v) is 8.81. The van der Waals surface area contributed by atoms with E-state index in [0.717, 1.165) is 19.1 Å². The van der Waals surface area contributed by atoms with E-state index in [2.05, 4.69) is 49.4 Å². The van der Waals surface area contributed by atoms with Crippen LogP contribution in [-0.4, -0.2) is 15.9 Å². The molecule has 2 aromatic rings. The highest BCUT2D eigenvalue weighted by molar-refractivity contribution is 6.44. The van der Waals surface area contributed by atoms with Crippen LogP contribution in [0, 0.1) is 0 Å². The SMILES string of the molecule is CCC[SiH](OCC)OCc1cccc2ccccc12. The van der Waals surface area contributed by atoms with Gasteiger partial charge in [0.2, 0.25) is 0 Å². The van der Waals surface area contributed by atoms with Crippen LogP contribution in [0.4, 0.5) is 0 Å². The quantitative estimate of drug-likeness (QED) is 0.710. The Balaban J connectivity index is 2.08. The van der Waals surface area contributed by atoms with Gasteiger partial charge >= 0.3 is 9.28 Å². The van der Waals surface area contributed by atoms with E-state index >= 15 is 0 Å². The minimum atomic E-state index is -1.48. The number of hydrogen-bond acceptors (Lipinski definition) is 2. The second-order valence-corrected chi connectivity index (χ2v) is 6.73. The molecule has 2 aromatic carbocycles. The molecule has 0 spiro atoms. The van der Waals surface area contributed by atoms with Gasteiger partial charge in [0, 0.05) is 6.61 Å². The lowest BCUT2D eigenvalue weighted by Gasteiger charge is -2.16. The summed E-state index contributed by atoms with van der Waals surface area (Å²) in [5.41, 5.74) is 1.26. The summed E-state index contributed by atoms with van der Waals surface area (Å²) in [6.45, 7) is 5.64. The highest BCUT2D eigenvalue weighted by Gasteiger charge is 2.12. The molecule has 0 fully saturated rings. The van der Waals surface area contributed by atoms with E-state index in [4.69, 9.17) is 8.85 Å².